The minimum atomic E-state index is -0.410. The Morgan fingerprint density at radius 1 is 1.21 bits per heavy atom. The number of aromatic amines is 1. The first-order valence-corrected chi connectivity index (χ1v) is 11.4. The first-order chi connectivity index (χ1) is 16.4. The van der Waals surface area contributed by atoms with Crippen LogP contribution < -0.4 is 10.1 Å². The molecule has 1 fully saturated rings. The third-order valence-electron chi connectivity index (χ3n) is 5.74. The number of carbonyl (C=O) groups is 2. The summed E-state index contributed by atoms with van der Waals surface area (Å²) < 4.78 is 18.5. The molecule has 0 unspecified atom stereocenters. The van der Waals surface area contributed by atoms with E-state index in [1.807, 2.05) is 0 Å². The predicted octanol–water partition coefficient (Wildman–Crippen LogP) is 4.09. The predicted molar refractivity (Wildman–Crippen MR) is 125 cm³/mol. The van der Waals surface area contributed by atoms with E-state index >= 15 is 0 Å². The number of amides is 2. The number of hydrogen-bond acceptors (Lipinski definition) is 5. The fourth-order valence-electron chi connectivity index (χ4n) is 3.82. The summed E-state index contributed by atoms with van der Waals surface area (Å²) in [5.74, 6) is -0.635. The Balaban J connectivity index is 1.33. The molecule has 3 aromatic rings. The first-order valence-electron chi connectivity index (χ1n) is 10.6. The molecule has 3 heterocycles. The van der Waals surface area contributed by atoms with Gasteiger partial charge in [0.25, 0.3) is 5.91 Å². The van der Waals surface area contributed by atoms with Gasteiger partial charge >= 0.3 is 0 Å². The third-order valence-corrected chi connectivity index (χ3v) is 6.41. The molecule has 1 saturated heterocycles. The standard InChI is InChI=1S/C23H22Cl2FN5O3/c1-34-21-9-16(18(25)12-27-21)19-10-20(30-29-19)23(33)31-6-4-13(5-7-31)22(32)28-11-14-8-15(26)2-3-17(14)24/h2-3,8-10,12-13H,4-7,11H2,1H3,(H,28,32)(H,29,30). The Kier molecular flexibility index (Phi) is 7.33. The molecule has 1 aliphatic heterocycles. The zero-order valence-corrected chi connectivity index (χ0v) is 19.8. The summed E-state index contributed by atoms with van der Waals surface area (Å²) in [5, 5.41) is 10.6. The Morgan fingerprint density at radius 2 is 1.97 bits per heavy atom. The number of ether oxygens (including phenoxy) is 1. The van der Waals surface area contributed by atoms with Gasteiger partial charge in [-0.05, 0) is 42.7 Å². The number of piperidine rings is 1. The van der Waals surface area contributed by atoms with Crippen molar-refractivity contribution in [3.63, 3.8) is 0 Å². The lowest BCUT2D eigenvalue weighted by Crippen LogP contribution is -2.43. The van der Waals surface area contributed by atoms with Crippen molar-refractivity contribution in [1.29, 1.82) is 0 Å². The van der Waals surface area contributed by atoms with Crippen molar-refractivity contribution < 1.29 is 18.7 Å². The molecule has 2 aromatic heterocycles. The summed E-state index contributed by atoms with van der Waals surface area (Å²) in [6.45, 7) is 0.986. The molecule has 8 nitrogen and oxygen atoms in total. The van der Waals surface area contributed by atoms with E-state index in [4.69, 9.17) is 27.9 Å². The van der Waals surface area contributed by atoms with Crippen molar-refractivity contribution in [2.24, 2.45) is 5.92 Å². The number of methoxy groups -OCH3 is 1. The number of likely N-dealkylation sites (tertiary alicyclic amines) is 1. The van der Waals surface area contributed by atoms with Gasteiger partial charge in [0.05, 0.1) is 24.0 Å². The molecule has 2 amide bonds. The van der Waals surface area contributed by atoms with Gasteiger partial charge in [-0.25, -0.2) is 9.37 Å². The number of benzene rings is 1. The lowest BCUT2D eigenvalue weighted by Gasteiger charge is -2.30. The van der Waals surface area contributed by atoms with Crippen LogP contribution in [-0.2, 0) is 11.3 Å². The molecular formula is C23H22Cl2FN5O3. The molecule has 178 valence electrons. The fourth-order valence-corrected chi connectivity index (χ4v) is 4.21. The number of rotatable bonds is 6. The van der Waals surface area contributed by atoms with Crippen LogP contribution in [0.15, 0.2) is 36.5 Å². The van der Waals surface area contributed by atoms with Crippen molar-refractivity contribution in [2.75, 3.05) is 20.2 Å². The highest BCUT2D eigenvalue weighted by Crippen LogP contribution is 2.29. The van der Waals surface area contributed by atoms with Gasteiger partial charge in [-0.3, -0.25) is 14.7 Å². The molecule has 0 radical (unpaired) electrons. The number of nitrogens with zero attached hydrogens (tertiary/aromatic N) is 3. The Hall–Kier alpha value is -3.17. The first kappa shape index (κ1) is 24.0. The molecule has 4 rings (SSSR count). The second-order valence-corrected chi connectivity index (χ2v) is 8.71. The molecule has 0 aliphatic carbocycles. The maximum absolute atomic E-state index is 13.4. The zero-order chi connectivity index (χ0) is 24.2. The van der Waals surface area contributed by atoms with Gasteiger partial charge in [-0.15, -0.1) is 0 Å². The highest BCUT2D eigenvalue weighted by molar-refractivity contribution is 6.33. The molecule has 1 aromatic carbocycles. The molecule has 0 spiro atoms. The van der Waals surface area contributed by atoms with Gasteiger partial charge in [0.2, 0.25) is 11.8 Å². The van der Waals surface area contributed by atoms with E-state index in [2.05, 4.69) is 20.5 Å². The van der Waals surface area contributed by atoms with Gasteiger partial charge in [0.15, 0.2) is 5.69 Å². The highest BCUT2D eigenvalue weighted by atomic mass is 35.5. The monoisotopic (exact) mass is 505 g/mol. The molecule has 2 N–H and O–H groups in total. The van der Waals surface area contributed by atoms with E-state index in [-0.39, 0.29) is 30.0 Å². The number of carbonyl (C=O) groups excluding carboxylic acids is 2. The molecule has 0 atom stereocenters. The summed E-state index contributed by atoms with van der Waals surface area (Å²) in [5.41, 5.74) is 1.96. The summed E-state index contributed by atoms with van der Waals surface area (Å²) in [4.78, 5) is 31.2. The van der Waals surface area contributed by atoms with Crippen molar-refractivity contribution >= 4 is 35.0 Å². The van der Waals surface area contributed by atoms with E-state index in [0.29, 0.717) is 58.7 Å². The second-order valence-electron chi connectivity index (χ2n) is 7.89. The van der Waals surface area contributed by atoms with Crippen LogP contribution in [0.2, 0.25) is 10.0 Å². The van der Waals surface area contributed by atoms with Gasteiger partial charge in [0, 0.05) is 42.2 Å². The van der Waals surface area contributed by atoms with E-state index in [1.54, 1.807) is 17.0 Å². The SMILES string of the molecule is COc1cc(-c2cc(C(=O)N3CCC(C(=O)NCc4cc(F)ccc4Cl)CC3)n[nH]2)c(Cl)cn1. The molecule has 1 aliphatic rings. The fraction of sp³-hybridized carbons (Fsp3) is 0.304. The van der Waals surface area contributed by atoms with Gasteiger partial charge < -0.3 is 15.0 Å². The zero-order valence-electron chi connectivity index (χ0n) is 18.3. The summed E-state index contributed by atoms with van der Waals surface area (Å²) in [6, 6.07) is 7.32. The van der Waals surface area contributed by atoms with Gasteiger partial charge in [-0.2, -0.15) is 5.10 Å². The quantitative estimate of drug-likeness (QED) is 0.525. The van der Waals surface area contributed by atoms with Crippen molar-refractivity contribution in [3.05, 3.63) is 63.6 Å². The van der Waals surface area contributed by atoms with Crippen molar-refractivity contribution in [2.45, 2.75) is 19.4 Å². The van der Waals surface area contributed by atoms with Crippen LogP contribution in [0, 0.1) is 11.7 Å². The molecular weight excluding hydrogens is 484 g/mol. The Bertz CT molecular complexity index is 1210. The molecule has 11 heteroatoms. The van der Waals surface area contributed by atoms with Crippen LogP contribution in [0.5, 0.6) is 5.88 Å². The number of aromatic nitrogens is 3. The van der Waals surface area contributed by atoms with Crippen LogP contribution in [0.1, 0.15) is 28.9 Å². The molecule has 0 bridgehead atoms. The van der Waals surface area contributed by atoms with Crippen LogP contribution in [0.3, 0.4) is 0 Å². The number of halogens is 3. The van der Waals surface area contributed by atoms with E-state index in [1.165, 1.54) is 31.5 Å². The van der Waals surface area contributed by atoms with E-state index in [9.17, 15) is 14.0 Å². The van der Waals surface area contributed by atoms with E-state index in [0.717, 1.165) is 0 Å². The maximum Gasteiger partial charge on any atom is 0.274 e. The summed E-state index contributed by atoms with van der Waals surface area (Å²) >= 11 is 12.3. The number of hydrogen-bond donors (Lipinski definition) is 2. The molecule has 34 heavy (non-hydrogen) atoms. The van der Waals surface area contributed by atoms with Crippen LogP contribution in [0.4, 0.5) is 4.39 Å². The normalized spacial score (nSPS) is 14.2. The average Bonchev–Trinajstić information content (AvgIpc) is 3.34. The van der Waals surface area contributed by atoms with Crippen molar-refractivity contribution in [3.8, 4) is 17.1 Å². The minimum Gasteiger partial charge on any atom is -0.481 e. The Labute approximate surface area is 205 Å². The molecule has 0 saturated carbocycles. The summed E-state index contributed by atoms with van der Waals surface area (Å²) in [7, 11) is 1.50. The van der Waals surface area contributed by atoms with E-state index < -0.39 is 5.82 Å². The van der Waals surface area contributed by atoms with Crippen LogP contribution >= 0.6 is 23.2 Å². The van der Waals surface area contributed by atoms with Gasteiger partial charge in [0.1, 0.15) is 5.82 Å². The number of nitrogens with one attached hydrogen (secondary N) is 2. The van der Waals surface area contributed by atoms with Gasteiger partial charge in [-0.1, -0.05) is 23.2 Å². The average molecular weight is 506 g/mol. The second kappa shape index (κ2) is 10.4. The highest BCUT2D eigenvalue weighted by Gasteiger charge is 2.29. The minimum absolute atomic E-state index is 0.143. The lowest BCUT2D eigenvalue weighted by atomic mass is 9.95. The van der Waals surface area contributed by atoms with Crippen LogP contribution in [-0.4, -0.2) is 52.1 Å². The maximum atomic E-state index is 13.4. The lowest BCUT2D eigenvalue weighted by molar-refractivity contribution is -0.126. The Morgan fingerprint density at radius 3 is 2.71 bits per heavy atom. The third kappa shape index (κ3) is 5.31. The number of H-pyrrole nitrogens is 1. The summed E-state index contributed by atoms with van der Waals surface area (Å²) in [6.07, 6.45) is 2.49. The number of pyridine rings is 1. The largest absolute Gasteiger partial charge is 0.481 e. The van der Waals surface area contributed by atoms with Crippen molar-refractivity contribution in [1.82, 2.24) is 25.4 Å². The van der Waals surface area contributed by atoms with Crippen LogP contribution in [0.25, 0.3) is 11.3 Å². The smallest absolute Gasteiger partial charge is 0.274 e. The topological polar surface area (TPSA) is 100 Å².